The maximum absolute atomic E-state index is 2.79. The molecule has 1 saturated carbocycles. The molecule has 0 aromatic carbocycles. The molecule has 1 atom stereocenters. The van der Waals surface area contributed by atoms with Gasteiger partial charge >= 0.3 is 0 Å². The standard InChI is InChI=1S/C13H25N/c1-2-3-9-13(12-7-6-8-12)14-10-4-5-11-14/h12-13H,2-11H2,1H3. The molecule has 2 rings (SSSR count). The van der Waals surface area contributed by atoms with Crippen molar-refractivity contribution in [3.63, 3.8) is 0 Å². The van der Waals surface area contributed by atoms with Crippen LogP contribution in [0.25, 0.3) is 0 Å². The van der Waals surface area contributed by atoms with Crippen molar-refractivity contribution in [1.82, 2.24) is 4.90 Å². The lowest BCUT2D eigenvalue weighted by Gasteiger charge is -2.39. The summed E-state index contributed by atoms with van der Waals surface area (Å²) in [5, 5.41) is 0. The minimum atomic E-state index is 0.964. The van der Waals surface area contributed by atoms with Gasteiger partial charge in [0, 0.05) is 6.04 Å². The molecule has 0 aromatic rings. The molecular weight excluding hydrogens is 170 g/mol. The third kappa shape index (κ3) is 2.31. The number of hydrogen-bond acceptors (Lipinski definition) is 1. The van der Waals surface area contributed by atoms with Gasteiger partial charge in [-0.3, -0.25) is 0 Å². The summed E-state index contributed by atoms with van der Waals surface area (Å²) in [6, 6.07) is 0.964. The molecule has 1 nitrogen and oxygen atoms in total. The lowest BCUT2D eigenvalue weighted by Crippen LogP contribution is -2.41. The van der Waals surface area contributed by atoms with E-state index in [1.54, 1.807) is 0 Å². The second-order valence-corrected chi connectivity index (χ2v) is 5.14. The van der Waals surface area contributed by atoms with E-state index in [1.165, 1.54) is 64.5 Å². The Morgan fingerprint density at radius 3 is 2.36 bits per heavy atom. The fourth-order valence-corrected chi connectivity index (χ4v) is 3.03. The van der Waals surface area contributed by atoms with Crippen LogP contribution >= 0.6 is 0 Å². The third-order valence-electron chi connectivity index (χ3n) is 4.16. The Labute approximate surface area is 88.9 Å². The van der Waals surface area contributed by atoms with Crippen LogP contribution < -0.4 is 0 Å². The number of nitrogens with zero attached hydrogens (tertiary/aromatic N) is 1. The number of rotatable bonds is 5. The van der Waals surface area contributed by atoms with Gasteiger partial charge in [-0.25, -0.2) is 0 Å². The zero-order valence-electron chi connectivity index (χ0n) is 9.67. The van der Waals surface area contributed by atoms with E-state index in [0.29, 0.717) is 0 Å². The van der Waals surface area contributed by atoms with Gasteiger partial charge in [0.25, 0.3) is 0 Å². The minimum Gasteiger partial charge on any atom is -0.300 e. The van der Waals surface area contributed by atoms with E-state index in [9.17, 15) is 0 Å². The first-order valence-corrected chi connectivity index (χ1v) is 6.66. The molecule has 2 fully saturated rings. The van der Waals surface area contributed by atoms with Crippen LogP contribution in [0.3, 0.4) is 0 Å². The van der Waals surface area contributed by atoms with Gasteiger partial charge in [-0.05, 0) is 51.1 Å². The molecular formula is C13H25N. The van der Waals surface area contributed by atoms with E-state index in [2.05, 4.69) is 11.8 Å². The maximum atomic E-state index is 2.79. The van der Waals surface area contributed by atoms with Crippen LogP contribution in [0.2, 0.25) is 0 Å². The smallest absolute Gasteiger partial charge is 0.0123 e. The molecule has 1 aliphatic carbocycles. The highest BCUT2D eigenvalue weighted by molar-refractivity contribution is 4.86. The van der Waals surface area contributed by atoms with Crippen molar-refractivity contribution >= 4 is 0 Å². The maximum Gasteiger partial charge on any atom is 0.0123 e. The van der Waals surface area contributed by atoms with E-state index >= 15 is 0 Å². The van der Waals surface area contributed by atoms with Gasteiger partial charge in [0.1, 0.15) is 0 Å². The summed E-state index contributed by atoms with van der Waals surface area (Å²) in [6.45, 7) is 5.11. The molecule has 0 bridgehead atoms. The van der Waals surface area contributed by atoms with Crippen LogP contribution in [0.4, 0.5) is 0 Å². The molecule has 0 N–H and O–H groups in total. The monoisotopic (exact) mass is 195 g/mol. The summed E-state index contributed by atoms with van der Waals surface area (Å²) < 4.78 is 0. The van der Waals surface area contributed by atoms with Crippen LogP contribution in [0.5, 0.6) is 0 Å². The van der Waals surface area contributed by atoms with Crippen LogP contribution in [-0.4, -0.2) is 24.0 Å². The molecule has 82 valence electrons. The van der Waals surface area contributed by atoms with Crippen molar-refractivity contribution in [1.29, 1.82) is 0 Å². The third-order valence-corrected chi connectivity index (χ3v) is 4.16. The predicted octanol–water partition coefficient (Wildman–Crippen LogP) is 3.44. The van der Waals surface area contributed by atoms with E-state index in [1.807, 2.05) is 0 Å². The van der Waals surface area contributed by atoms with Crippen LogP contribution in [0, 0.1) is 5.92 Å². The second kappa shape index (κ2) is 5.16. The number of unbranched alkanes of at least 4 members (excludes halogenated alkanes) is 1. The van der Waals surface area contributed by atoms with Crippen molar-refractivity contribution in [2.75, 3.05) is 13.1 Å². The molecule has 0 spiro atoms. The Balaban J connectivity index is 1.83. The van der Waals surface area contributed by atoms with Crippen LogP contribution in [0.1, 0.15) is 58.3 Å². The van der Waals surface area contributed by atoms with Gasteiger partial charge in [0.15, 0.2) is 0 Å². The van der Waals surface area contributed by atoms with Crippen LogP contribution in [-0.2, 0) is 0 Å². The summed E-state index contributed by atoms with van der Waals surface area (Å²) in [7, 11) is 0. The number of hydrogen-bond donors (Lipinski definition) is 0. The quantitative estimate of drug-likeness (QED) is 0.649. The van der Waals surface area contributed by atoms with Gasteiger partial charge in [0.2, 0.25) is 0 Å². The highest BCUT2D eigenvalue weighted by atomic mass is 15.2. The Morgan fingerprint density at radius 1 is 1.14 bits per heavy atom. The van der Waals surface area contributed by atoms with Gasteiger partial charge < -0.3 is 4.90 Å². The van der Waals surface area contributed by atoms with Crippen LogP contribution in [0.15, 0.2) is 0 Å². The first-order valence-electron chi connectivity index (χ1n) is 6.66. The Kier molecular flexibility index (Phi) is 3.86. The topological polar surface area (TPSA) is 3.24 Å². The second-order valence-electron chi connectivity index (χ2n) is 5.14. The van der Waals surface area contributed by atoms with E-state index in [4.69, 9.17) is 0 Å². The minimum absolute atomic E-state index is 0.964. The normalized spacial score (nSPS) is 26.4. The van der Waals surface area contributed by atoms with E-state index < -0.39 is 0 Å². The molecule has 0 radical (unpaired) electrons. The fourth-order valence-electron chi connectivity index (χ4n) is 3.03. The van der Waals surface area contributed by atoms with E-state index in [0.717, 1.165) is 12.0 Å². The molecule has 1 saturated heterocycles. The van der Waals surface area contributed by atoms with Gasteiger partial charge in [-0.15, -0.1) is 0 Å². The molecule has 1 heteroatoms. The fraction of sp³-hybridized carbons (Fsp3) is 1.00. The summed E-state index contributed by atoms with van der Waals surface area (Å²) in [5.74, 6) is 1.07. The highest BCUT2D eigenvalue weighted by Crippen LogP contribution is 2.35. The molecule has 2 aliphatic rings. The van der Waals surface area contributed by atoms with Crippen molar-refractivity contribution in [2.45, 2.75) is 64.3 Å². The zero-order chi connectivity index (χ0) is 9.80. The summed E-state index contributed by atoms with van der Waals surface area (Å²) in [4.78, 5) is 2.79. The molecule has 1 aliphatic heterocycles. The molecule has 0 aromatic heterocycles. The SMILES string of the molecule is CCCCC(C1CCC1)N1CCCC1. The molecule has 1 unspecified atom stereocenters. The first-order chi connectivity index (χ1) is 6.92. The molecule has 0 amide bonds. The Hall–Kier alpha value is -0.0400. The number of likely N-dealkylation sites (tertiary alicyclic amines) is 1. The summed E-state index contributed by atoms with van der Waals surface area (Å²) in [5.41, 5.74) is 0. The average Bonchev–Trinajstić information content (AvgIpc) is 2.61. The zero-order valence-corrected chi connectivity index (χ0v) is 9.67. The van der Waals surface area contributed by atoms with E-state index in [-0.39, 0.29) is 0 Å². The highest BCUT2D eigenvalue weighted by Gasteiger charge is 2.32. The van der Waals surface area contributed by atoms with Crippen molar-refractivity contribution < 1.29 is 0 Å². The van der Waals surface area contributed by atoms with Crippen molar-refractivity contribution in [3.05, 3.63) is 0 Å². The largest absolute Gasteiger partial charge is 0.300 e. The lowest BCUT2D eigenvalue weighted by molar-refractivity contribution is 0.108. The molecule has 1 heterocycles. The Morgan fingerprint density at radius 2 is 1.86 bits per heavy atom. The lowest BCUT2D eigenvalue weighted by atomic mass is 9.77. The van der Waals surface area contributed by atoms with Crippen molar-refractivity contribution in [3.8, 4) is 0 Å². The van der Waals surface area contributed by atoms with Gasteiger partial charge in [-0.1, -0.05) is 26.2 Å². The first kappa shape index (κ1) is 10.5. The summed E-state index contributed by atoms with van der Waals surface area (Å²) >= 11 is 0. The van der Waals surface area contributed by atoms with Gasteiger partial charge in [0.05, 0.1) is 0 Å². The average molecular weight is 195 g/mol. The van der Waals surface area contributed by atoms with Gasteiger partial charge in [-0.2, -0.15) is 0 Å². The predicted molar refractivity (Wildman–Crippen MR) is 61.5 cm³/mol. The molecule has 14 heavy (non-hydrogen) atoms. The summed E-state index contributed by atoms with van der Waals surface area (Å²) in [6.07, 6.45) is 11.7. The Bertz CT molecular complexity index is 157. The van der Waals surface area contributed by atoms with Crippen molar-refractivity contribution in [2.24, 2.45) is 5.92 Å².